The van der Waals surface area contributed by atoms with Crippen LogP contribution in [0.2, 0.25) is 0 Å². The number of aliphatic hydroxyl groups excluding tert-OH is 1. The molecule has 8 nitrogen and oxygen atoms in total. The quantitative estimate of drug-likeness (QED) is 0.660. The molecule has 1 amide bonds. The predicted molar refractivity (Wildman–Crippen MR) is 86.9 cm³/mol. The second kappa shape index (κ2) is 8.26. The lowest BCUT2D eigenvalue weighted by atomic mass is 10.1. The minimum absolute atomic E-state index is 0.136. The Balaban J connectivity index is 2.37. The van der Waals surface area contributed by atoms with Crippen molar-refractivity contribution in [2.75, 3.05) is 13.2 Å². The van der Waals surface area contributed by atoms with E-state index >= 15 is 0 Å². The van der Waals surface area contributed by atoms with Crippen molar-refractivity contribution in [3.05, 3.63) is 11.9 Å². The van der Waals surface area contributed by atoms with Gasteiger partial charge >= 0.3 is 6.09 Å². The molecular weight excluding hydrogens is 298 g/mol. The number of rotatable bonds is 8. The highest BCUT2D eigenvalue weighted by Crippen LogP contribution is 2.08. The maximum Gasteiger partial charge on any atom is 0.407 e. The Kier molecular flexibility index (Phi) is 6.96. The van der Waals surface area contributed by atoms with Crippen LogP contribution in [-0.2, 0) is 17.8 Å². The monoisotopic (exact) mass is 327 g/mol. The van der Waals surface area contributed by atoms with Crippen LogP contribution in [0.15, 0.2) is 6.20 Å². The molecule has 0 aromatic carbocycles. The van der Waals surface area contributed by atoms with Gasteiger partial charge in [-0.15, -0.1) is 5.10 Å². The van der Waals surface area contributed by atoms with Crippen molar-refractivity contribution in [1.82, 2.24) is 25.6 Å². The van der Waals surface area contributed by atoms with Crippen LogP contribution < -0.4 is 10.6 Å². The Morgan fingerprint density at radius 3 is 2.65 bits per heavy atom. The maximum absolute atomic E-state index is 11.7. The zero-order chi connectivity index (χ0) is 17.5. The second-order valence-corrected chi connectivity index (χ2v) is 7.14. The number of carbonyl (C=O) groups is 1. The summed E-state index contributed by atoms with van der Waals surface area (Å²) >= 11 is 0. The van der Waals surface area contributed by atoms with Crippen LogP contribution >= 0.6 is 0 Å². The lowest BCUT2D eigenvalue weighted by Crippen LogP contribution is -2.49. The Bertz CT molecular complexity index is 494. The van der Waals surface area contributed by atoms with E-state index in [1.165, 1.54) is 0 Å². The number of carbonyl (C=O) groups excluding carboxylic acids is 1. The predicted octanol–water partition coefficient (Wildman–Crippen LogP) is 1.05. The first kappa shape index (κ1) is 19.4. The maximum atomic E-state index is 11.7. The van der Waals surface area contributed by atoms with Gasteiger partial charge in [-0.05, 0) is 41.0 Å². The van der Waals surface area contributed by atoms with Gasteiger partial charge in [-0.2, -0.15) is 0 Å². The zero-order valence-corrected chi connectivity index (χ0v) is 14.7. The average Bonchev–Trinajstić information content (AvgIpc) is 2.87. The van der Waals surface area contributed by atoms with E-state index in [4.69, 9.17) is 9.84 Å². The van der Waals surface area contributed by atoms with Crippen molar-refractivity contribution in [3.8, 4) is 0 Å². The number of hydrogen-bond acceptors (Lipinski definition) is 6. The van der Waals surface area contributed by atoms with Crippen molar-refractivity contribution in [2.24, 2.45) is 0 Å². The molecule has 0 atom stereocenters. The van der Waals surface area contributed by atoms with Crippen molar-refractivity contribution in [1.29, 1.82) is 0 Å². The van der Waals surface area contributed by atoms with E-state index in [0.29, 0.717) is 26.1 Å². The molecule has 0 bridgehead atoms. The van der Waals surface area contributed by atoms with E-state index in [1.807, 2.05) is 40.8 Å². The van der Waals surface area contributed by atoms with Gasteiger partial charge in [0, 0.05) is 38.0 Å². The van der Waals surface area contributed by atoms with Crippen molar-refractivity contribution in [2.45, 2.75) is 65.3 Å². The molecule has 0 saturated carbocycles. The number of nitrogens with zero attached hydrogens (tertiary/aromatic N) is 3. The van der Waals surface area contributed by atoms with Crippen LogP contribution in [0.3, 0.4) is 0 Å². The van der Waals surface area contributed by atoms with Gasteiger partial charge in [0.05, 0.1) is 5.69 Å². The topological polar surface area (TPSA) is 101 Å². The van der Waals surface area contributed by atoms with Crippen LogP contribution in [0.4, 0.5) is 4.79 Å². The van der Waals surface area contributed by atoms with Crippen LogP contribution in [0, 0.1) is 0 Å². The number of amides is 1. The third kappa shape index (κ3) is 8.51. The summed E-state index contributed by atoms with van der Waals surface area (Å²) < 4.78 is 6.92. The van der Waals surface area contributed by atoms with Crippen LogP contribution in [0.25, 0.3) is 0 Å². The highest BCUT2D eigenvalue weighted by molar-refractivity contribution is 5.67. The van der Waals surface area contributed by atoms with Crippen molar-refractivity contribution < 1.29 is 14.6 Å². The first-order valence-electron chi connectivity index (χ1n) is 7.83. The number of aromatic nitrogens is 3. The SMILES string of the molecule is CC(C)(CNC(=O)OC(C)(C)C)NCc1cn(CCCO)nn1. The molecule has 0 saturated heterocycles. The summed E-state index contributed by atoms with van der Waals surface area (Å²) in [6.45, 7) is 11.2. The molecule has 0 spiro atoms. The Hall–Kier alpha value is -1.67. The minimum atomic E-state index is -0.505. The van der Waals surface area contributed by atoms with Crippen molar-refractivity contribution >= 4 is 6.09 Å². The molecule has 8 heteroatoms. The fourth-order valence-corrected chi connectivity index (χ4v) is 1.76. The normalized spacial score (nSPS) is 12.3. The van der Waals surface area contributed by atoms with Gasteiger partial charge in [-0.25, -0.2) is 4.79 Å². The third-order valence-electron chi connectivity index (χ3n) is 2.95. The lowest BCUT2D eigenvalue weighted by Gasteiger charge is -2.27. The molecule has 0 aliphatic heterocycles. The number of aliphatic hydroxyl groups is 1. The summed E-state index contributed by atoms with van der Waals surface area (Å²) in [4.78, 5) is 11.7. The first-order valence-corrected chi connectivity index (χ1v) is 7.83. The van der Waals surface area contributed by atoms with Gasteiger partial charge in [0.15, 0.2) is 0 Å². The fraction of sp³-hybridized carbons (Fsp3) is 0.800. The summed E-state index contributed by atoms with van der Waals surface area (Å²) in [5, 5.41) is 23.0. The van der Waals surface area contributed by atoms with Gasteiger partial charge in [-0.3, -0.25) is 4.68 Å². The molecule has 1 aromatic rings. The molecule has 0 radical (unpaired) electrons. The molecule has 23 heavy (non-hydrogen) atoms. The summed E-state index contributed by atoms with van der Waals surface area (Å²) in [7, 11) is 0. The lowest BCUT2D eigenvalue weighted by molar-refractivity contribution is 0.0513. The van der Waals surface area contributed by atoms with E-state index in [1.54, 1.807) is 4.68 Å². The van der Waals surface area contributed by atoms with Gasteiger partial charge in [0.2, 0.25) is 0 Å². The number of hydrogen-bond donors (Lipinski definition) is 3. The second-order valence-electron chi connectivity index (χ2n) is 7.14. The molecule has 0 aliphatic rings. The number of aryl methyl sites for hydroxylation is 1. The van der Waals surface area contributed by atoms with E-state index < -0.39 is 11.7 Å². The van der Waals surface area contributed by atoms with Crippen LogP contribution in [-0.4, -0.2) is 50.5 Å². The van der Waals surface area contributed by atoms with Gasteiger partial charge in [0.25, 0.3) is 0 Å². The minimum Gasteiger partial charge on any atom is -0.444 e. The summed E-state index contributed by atoms with van der Waals surface area (Å²) in [6, 6.07) is 0. The molecule has 0 unspecified atom stereocenters. The summed E-state index contributed by atoms with van der Waals surface area (Å²) in [6.07, 6.45) is 2.07. The van der Waals surface area contributed by atoms with Gasteiger partial charge in [0.1, 0.15) is 5.60 Å². The van der Waals surface area contributed by atoms with Gasteiger partial charge < -0.3 is 20.5 Å². The molecule has 0 aliphatic carbocycles. The average molecular weight is 327 g/mol. The number of ether oxygens (including phenoxy) is 1. The molecule has 3 N–H and O–H groups in total. The summed E-state index contributed by atoms with van der Waals surface area (Å²) in [5.41, 5.74) is -0.00571. The van der Waals surface area contributed by atoms with Crippen LogP contribution in [0.1, 0.15) is 46.7 Å². The zero-order valence-electron chi connectivity index (χ0n) is 14.7. The molecule has 132 valence electrons. The summed E-state index contributed by atoms with van der Waals surface area (Å²) in [5.74, 6) is 0. The Morgan fingerprint density at radius 2 is 2.04 bits per heavy atom. The number of alkyl carbamates (subject to hydrolysis) is 1. The largest absolute Gasteiger partial charge is 0.444 e. The van der Waals surface area contributed by atoms with Crippen LogP contribution in [0.5, 0.6) is 0 Å². The van der Waals surface area contributed by atoms with E-state index in [9.17, 15) is 4.79 Å². The Morgan fingerprint density at radius 1 is 1.35 bits per heavy atom. The smallest absolute Gasteiger partial charge is 0.407 e. The van der Waals surface area contributed by atoms with E-state index in [-0.39, 0.29) is 12.1 Å². The standard InChI is InChI=1S/C15H29N5O3/c1-14(2,3)23-13(22)16-11-15(4,5)17-9-12-10-20(19-18-12)7-6-8-21/h10,17,21H,6-9,11H2,1-5H3,(H,16,22). The first-order chi connectivity index (χ1) is 10.6. The highest BCUT2D eigenvalue weighted by Gasteiger charge is 2.21. The van der Waals surface area contributed by atoms with E-state index in [2.05, 4.69) is 20.9 Å². The van der Waals surface area contributed by atoms with Crippen molar-refractivity contribution in [3.63, 3.8) is 0 Å². The molecular formula is C15H29N5O3. The highest BCUT2D eigenvalue weighted by atomic mass is 16.6. The van der Waals surface area contributed by atoms with Gasteiger partial charge in [-0.1, -0.05) is 5.21 Å². The van der Waals surface area contributed by atoms with E-state index in [0.717, 1.165) is 5.69 Å². The third-order valence-corrected chi connectivity index (χ3v) is 2.95. The molecule has 1 aromatic heterocycles. The number of nitrogens with one attached hydrogen (secondary N) is 2. The molecule has 0 fully saturated rings. The molecule has 1 heterocycles. The molecule has 1 rings (SSSR count). The fourth-order valence-electron chi connectivity index (χ4n) is 1.76. The Labute approximate surface area is 137 Å².